The summed E-state index contributed by atoms with van der Waals surface area (Å²) in [5.41, 5.74) is 7.25. The van der Waals surface area contributed by atoms with E-state index in [4.69, 9.17) is 10.5 Å². The quantitative estimate of drug-likeness (QED) is 0.901. The van der Waals surface area contributed by atoms with Crippen molar-refractivity contribution in [1.82, 2.24) is 0 Å². The summed E-state index contributed by atoms with van der Waals surface area (Å²) in [4.78, 5) is 0. The third kappa shape index (κ3) is 3.06. The van der Waals surface area contributed by atoms with E-state index in [2.05, 4.69) is 35.8 Å². The van der Waals surface area contributed by atoms with Gasteiger partial charge in [0, 0.05) is 23.7 Å². The van der Waals surface area contributed by atoms with E-state index in [1.807, 2.05) is 18.2 Å². The van der Waals surface area contributed by atoms with Gasteiger partial charge in [0.25, 0.3) is 0 Å². The molecule has 0 spiro atoms. The highest BCUT2D eigenvalue weighted by Crippen LogP contribution is 2.33. The first-order chi connectivity index (χ1) is 7.50. The second-order valence-electron chi connectivity index (χ2n) is 4.45. The van der Waals surface area contributed by atoms with Gasteiger partial charge in [-0.05, 0) is 30.9 Å². The van der Waals surface area contributed by atoms with Gasteiger partial charge in [0.2, 0.25) is 0 Å². The lowest BCUT2D eigenvalue weighted by Crippen LogP contribution is -2.40. The fraction of sp³-hybridized carbons (Fsp3) is 0.538. The van der Waals surface area contributed by atoms with Crippen molar-refractivity contribution in [1.29, 1.82) is 0 Å². The van der Waals surface area contributed by atoms with E-state index in [0.717, 1.165) is 23.1 Å². The molecule has 1 rings (SSSR count). The fourth-order valence-corrected chi connectivity index (χ4v) is 2.47. The van der Waals surface area contributed by atoms with Crippen molar-refractivity contribution in [3.63, 3.8) is 0 Å². The minimum absolute atomic E-state index is 0.335. The molecule has 90 valence electrons. The Bertz CT molecular complexity index is 338. The lowest BCUT2D eigenvalue weighted by molar-refractivity contribution is 0.159. The summed E-state index contributed by atoms with van der Waals surface area (Å²) < 4.78 is 6.18. The van der Waals surface area contributed by atoms with Crippen LogP contribution in [0.3, 0.4) is 0 Å². The Labute approximate surface area is 106 Å². The Hall–Kier alpha value is -0.380. The third-order valence-corrected chi connectivity index (χ3v) is 3.92. The van der Waals surface area contributed by atoms with Crippen molar-refractivity contribution in [2.24, 2.45) is 11.7 Å². The van der Waals surface area contributed by atoms with Gasteiger partial charge in [0.15, 0.2) is 0 Å². The topological polar surface area (TPSA) is 35.2 Å². The Morgan fingerprint density at radius 3 is 2.62 bits per heavy atom. The minimum atomic E-state index is -0.335. The van der Waals surface area contributed by atoms with E-state index in [-0.39, 0.29) is 5.54 Å². The summed E-state index contributed by atoms with van der Waals surface area (Å²) in [5.74, 6) is 0.367. The lowest BCUT2D eigenvalue weighted by Gasteiger charge is -2.33. The molecule has 0 bridgehead atoms. The maximum Gasteiger partial charge on any atom is 0.0465 e. The zero-order valence-electron chi connectivity index (χ0n) is 10.2. The third-order valence-electron chi connectivity index (χ3n) is 3.23. The number of nitrogens with two attached hydrogens (primary N) is 1. The molecule has 2 N–H and O–H groups in total. The predicted octanol–water partition coefficient (Wildman–Crippen LogP) is 3.30. The van der Waals surface area contributed by atoms with Gasteiger partial charge < -0.3 is 10.5 Å². The minimum Gasteiger partial charge on any atom is -0.385 e. The summed E-state index contributed by atoms with van der Waals surface area (Å²) in [7, 11) is 1.72. The average molecular weight is 286 g/mol. The number of ether oxygens (including phenoxy) is 1. The van der Waals surface area contributed by atoms with Crippen molar-refractivity contribution in [2.75, 3.05) is 13.7 Å². The predicted molar refractivity (Wildman–Crippen MR) is 71.3 cm³/mol. The van der Waals surface area contributed by atoms with Gasteiger partial charge in [-0.2, -0.15) is 0 Å². The molecule has 0 aliphatic rings. The van der Waals surface area contributed by atoms with E-state index in [9.17, 15) is 0 Å². The van der Waals surface area contributed by atoms with Crippen LogP contribution >= 0.6 is 15.9 Å². The standard InChI is InChI=1S/C13H20BrNO/c1-10(8-9-16-3)13(2,15)11-6-4-5-7-12(11)14/h4-7,10H,8-9,15H2,1-3H3. The molecule has 0 heterocycles. The SMILES string of the molecule is COCCC(C)C(C)(N)c1ccccc1Br. The molecule has 16 heavy (non-hydrogen) atoms. The molecular formula is C13H20BrNO. The molecule has 0 aromatic heterocycles. The Kier molecular flexibility index (Phi) is 4.96. The number of halogens is 1. The number of hydrogen-bond acceptors (Lipinski definition) is 2. The average Bonchev–Trinajstić information content (AvgIpc) is 2.26. The van der Waals surface area contributed by atoms with Gasteiger partial charge in [-0.3, -0.25) is 0 Å². The zero-order chi connectivity index (χ0) is 12.2. The molecular weight excluding hydrogens is 266 g/mol. The molecule has 0 amide bonds. The molecule has 2 atom stereocenters. The van der Waals surface area contributed by atoms with Gasteiger partial charge in [-0.25, -0.2) is 0 Å². The molecule has 2 unspecified atom stereocenters. The molecule has 0 radical (unpaired) electrons. The van der Waals surface area contributed by atoms with Crippen molar-refractivity contribution < 1.29 is 4.74 Å². The smallest absolute Gasteiger partial charge is 0.0465 e. The van der Waals surface area contributed by atoms with Gasteiger partial charge in [0.1, 0.15) is 0 Å². The van der Waals surface area contributed by atoms with Gasteiger partial charge >= 0.3 is 0 Å². The first-order valence-corrected chi connectivity index (χ1v) is 6.32. The molecule has 0 fully saturated rings. The summed E-state index contributed by atoms with van der Waals surface area (Å²) >= 11 is 3.56. The second kappa shape index (κ2) is 5.80. The maximum atomic E-state index is 6.44. The number of rotatable bonds is 5. The summed E-state index contributed by atoms with van der Waals surface area (Å²) in [5, 5.41) is 0. The van der Waals surface area contributed by atoms with Crippen LogP contribution < -0.4 is 5.73 Å². The number of methoxy groups -OCH3 is 1. The molecule has 0 saturated carbocycles. The van der Waals surface area contributed by atoms with Crippen LogP contribution in [0.4, 0.5) is 0 Å². The first kappa shape index (κ1) is 13.7. The second-order valence-corrected chi connectivity index (χ2v) is 5.30. The van der Waals surface area contributed by atoms with Crippen molar-refractivity contribution in [2.45, 2.75) is 25.8 Å². The lowest BCUT2D eigenvalue weighted by atomic mass is 9.80. The number of hydrogen-bond donors (Lipinski definition) is 1. The molecule has 0 saturated heterocycles. The molecule has 0 aliphatic heterocycles. The van der Waals surface area contributed by atoms with Crippen LogP contribution in [-0.4, -0.2) is 13.7 Å². The largest absolute Gasteiger partial charge is 0.385 e. The monoisotopic (exact) mass is 285 g/mol. The molecule has 1 aromatic rings. The van der Waals surface area contributed by atoms with E-state index in [1.165, 1.54) is 0 Å². The van der Waals surface area contributed by atoms with E-state index in [0.29, 0.717) is 5.92 Å². The van der Waals surface area contributed by atoms with Crippen molar-refractivity contribution >= 4 is 15.9 Å². The van der Waals surface area contributed by atoms with Crippen LogP contribution in [0.1, 0.15) is 25.8 Å². The molecule has 0 aliphatic carbocycles. The van der Waals surface area contributed by atoms with E-state index < -0.39 is 0 Å². The summed E-state index contributed by atoms with van der Waals surface area (Å²) in [6.07, 6.45) is 0.963. The van der Waals surface area contributed by atoms with Gasteiger partial charge in [0.05, 0.1) is 0 Å². The fourth-order valence-electron chi connectivity index (χ4n) is 1.76. The van der Waals surface area contributed by atoms with Crippen molar-refractivity contribution in [3.8, 4) is 0 Å². The Morgan fingerprint density at radius 1 is 1.44 bits per heavy atom. The van der Waals surface area contributed by atoms with Crippen molar-refractivity contribution in [3.05, 3.63) is 34.3 Å². The van der Waals surface area contributed by atoms with Crippen LogP contribution in [0.2, 0.25) is 0 Å². The number of benzene rings is 1. The maximum absolute atomic E-state index is 6.44. The van der Waals surface area contributed by atoms with Crippen LogP contribution in [0.5, 0.6) is 0 Å². The first-order valence-electron chi connectivity index (χ1n) is 5.53. The van der Waals surface area contributed by atoms with E-state index >= 15 is 0 Å². The summed E-state index contributed by atoms with van der Waals surface area (Å²) in [6, 6.07) is 8.13. The summed E-state index contributed by atoms with van der Waals surface area (Å²) in [6.45, 7) is 4.99. The van der Waals surface area contributed by atoms with E-state index in [1.54, 1.807) is 7.11 Å². The Morgan fingerprint density at radius 2 is 2.06 bits per heavy atom. The van der Waals surface area contributed by atoms with Crippen LogP contribution in [0.15, 0.2) is 28.7 Å². The molecule has 3 heteroatoms. The normalized spacial score (nSPS) is 16.8. The highest BCUT2D eigenvalue weighted by molar-refractivity contribution is 9.10. The highest BCUT2D eigenvalue weighted by atomic mass is 79.9. The van der Waals surface area contributed by atoms with Gasteiger partial charge in [-0.1, -0.05) is 41.1 Å². The Balaban J connectivity index is 2.88. The van der Waals surface area contributed by atoms with Crippen LogP contribution in [0.25, 0.3) is 0 Å². The molecule has 1 aromatic carbocycles. The van der Waals surface area contributed by atoms with Gasteiger partial charge in [-0.15, -0.1) is 0 Å². The highest BCUT2D eigenvalue weighted by Gasteiger charge is 2.29. The molecule has 2 nitrogen and oxygen atoms in total. The van der Waals surface area contributed by atoms with Crippen LogP contribution in [0, 0.1) is 5.92 Å². The zero-order valence-corrected chi connectivity index (χ0v) is 11.8. The van der Waals surface area contributed by atoms with Crippen LogP contribution in [-0.2, 0) is 10.3 Å².